The van der Waals surface area contributed by atoms with E-state index in [1.54, 1.807) is 0 Å². The second-order valence-corrected chi connectivity index (χ2v) is 7.87. The summed E-state index contributed by atoms with van der Waals surface area (Å²) in [4.78, 5) is 14.8. The summed E-state index contributed by atoms with van der Waals surface area (Å²) >= 11 is 0. The van der Waals surface area contributed by atoms with E-state index in [4.69, 9.17) is 5.73 Å². The molecule has 0 aromatic carbocycles. The van der Waals surface area contributed by atoms with Crippen LogP contribution in [0.1, 0.15) is 52.4 Å². The van der Waals surface area contributed by atoms with Gasteiger partial charge in [0.25, 0.3) is 0 Å². The Morgan fingerprint density at radius 3 is 2.37 bits per heavy atom. The molecule has 0 radical (unpaired) electrons. The second-order valence-electron chi connectivity index (χ2n) is 7.87. The molecule has 2 N–H and O–H groups in total. The van der Waals surface area contributed by atoms with Crippen LogP contribution in [-0.2, 0) is 4.79 Å². The lowest BCUT2D eigenvalue weighted by atomic mass is 9.65. The number of fused-ring (bicyclic) bond motifs is 2. The summed E-state index contributed by atoms with van der Waals surface area (Å²) in [5.41, 5.74) is 6.63. The molecule has 108 valence electrons. The number of nitrogens with two attached hydrogens (primary N) is 1. The van der Waals surface area contributed by atoms with E-state index in [-0.39, 0.29) is 5.92 Å². The van der Waals surface area contributed by atoms with E-state index in [1.807, 2.05) is 0 Å². The number of hydrogen-bond donors (Lipinski definition) is 1. The molecule has 1 saturated heterocycles. The van der Waals surface area contributed by atoms with E-state index < -0.39 is 0 Å². The molecule has 19 heavy (non-hydrogen) atoms. The summed E-state index contributed by atoms with van der Waals surface area (Å²) < 4.78 is 0. The minimum absolute atomic E-state index is 0.268. The lowest BCUT2D eigenvalue weighted by molar-refractivity contribution is -0.137. The summed E-state index contributed by atoms with van der Waals surface area (Å²) in [5.74, 6) is 1.91. The molecule has 0 aromatic heterocycles. The Bertz CT molecular complexity index is 352. The molecule has 1 heterocycles. The monoisotopic (exact) mass is 264 g/mol. The van der Waals surface area contributed by atoms with Gasteiger partial charge in [-0.1, -0.05) is 20.3 Å². The molecular formula is C16H28N2O. The Morgan fingerprint density at radius 2 is 1.84 bits per heavy atom. The first-order chi connectivity index (χ1) is 8.96. The fraction of sp³-hybridized carbons (Fsp3) is 0.938. The average Bonchev–Trinajstić information content (AvgIpc) is 2.68. The second kappa shape index (κ2) is 4.76. The molecule has 2 bridgehead atoms. The molecule has 1 aliphatic heterocycles. The molecular weight excluding hydrogens is 236 g/mol. The van der Waals surface area contributed by atoms with Gasteiger partial charge < -0.3 is 10.6 Å². The molecule has 2 saturated carbocycles. The maximum Gasteiger partial charge on any atom is 0.225 e. The van der Waals surface area contributed by atoms with E-state index in [9.17, 15) is 4.79 Å². The van der Waals surface area contributed by atoms with Crippen LogP contribution in [0.2, 0.25) is 0 Å². The number of carbonyl (C=O) groups excluding carboxylic acids is 1. The molecule has 2 unspecified atom stereocenters. The quantitative estimate of drug-likeness (QED) is 0.790. The van der Waals surface area contributed by atoms with Crippen LogP contribution in [0.3, 0.4) is 0 Å². The molecule has 2 aliphatic carbocycles. The molecule has 0 aromatic rings. The standard InChI is InChI=1S/C16H28N2O/c1-16(2)6-7-18(10-16)15(19)13-8-11-4-3-5-12(9-13)14(11)17/h11-14H,3-10,17H2,1-2H3. The van der Waals surface area contributed by atoms with Crippen molar-refractivity contribution in [2.75, 3.05) is 13.1 Å². The lowest BCUT2D eigenvalue weighted by Gasteiger charge is -2.44. The topological polar surface area (TPSA) is 46.3 Å². The highest BCUT2D eigenvalue weighted by Gasteiger charge is 2.43. The largest absolute Gasteiger partial charge is 0.342 e. The predicted molar refractivity (Wildman–Crippen MR) is 76.5 cm³/mol. The number of rotatable bonds is 1. The van der Waals surface area contributed by atoms with Gasteiger partial charge in [-0.25, -0.2) is 0 Å². The molecule has 1 amide bonds. The van der Waals surface area contributed by atoms with Crippen LogP contribution in [0.25, 0.3) is 0 Å². The van der Waals surface area contributed by atoms with Crippen LogP contribution >= 0.6 is 0 Å². The van der Waals surface area contributed by atoms with Gasteiger partial charge in [-0.05, 0) is 49.4 Å². The lowest BCUT2D eigenvalue weighted by Crippen LogP contribution is -2.49. The summed E-state index contributed by atoms with van der Waals surface area (Å²) in [6, 6.07) is 0.368. The molecule has 3 nitrogen and oxygen atoms in total. The number of amides is 1. The number of nitrogens with zero attached hydrogens (tertiary/aromatic N) is 1. The highest BCUT2D eigenvalue weighted by atomic mass is 16.2. The molecule has 2 atom stereocenters. The van der Waals surface area contributed by atoms with Crippen LogP contribution in [0.4, 0.5) is 0 Å². The summed E-state index contributed by atoms with van der Waals surface area (Å²) in [6.45, 7) is 6.45. The van der Waals surface area contributed by atoms with Crippen LogP contribution in [-0.4, -0.2) is 29.9 Å². The van der Waals surface area contributed by atoms with Crippen LogP contribution in [0, 0.1) is 23.2 Å². The molecule has 3 heteroatoms. The van der Waals surface area contributed by atoms with E-state index in [1.165, 1.54) is 19.3 Å². The van der Waals surface area contributed by atoms with Crippen molar-refractivity contribution in [3.05, 3.63) is 0 Å². The van der Waals surface area contributed by atoms with E-state index in [2.05, 4.69) is 18.7 Å². The Kier molecular flexibility index (Phi) is 3.36. The predicted octanol–water partition coefficient (Wildman–Crippen LogP) is 2.40. The van der Waals surface area contributed by atoms with E-state index in [0.717, 1.165) is 32.4 Å². The van der Waals surface area contributed by atoms with Gasteiger partial charge in [0, 0.05) is 25.0 Å². The number of likely N-dealkylation sites (tertiary alicyclic amines) is 1. The van der Waals surface area contributed by atoms with Crippen LogP contribution in [0.5, 0.6) is 0 Å². The fourth-order valence-electron chi connectivity index (χ4n) is 4.55. The SMILES string of the molecule is CC1(C)CCN(C(=O)C2CC3CCCC(C2)C3N)C1. The maximum atomic E-state index is 12.7. The third-order valence-corrected chi connectivity index (χ3v) is 5.75. The molecule has 3 fully saturated rings. The molecule has 0 spiro atoms. The highest BCUT2D eigenvalue weighted by molar-refractivity contribution is 5.79. The van der Waals surface area contributed by atoms with Crippen molar-refractivity contribution < 1.29 is 4.79 Å². The van der Waals surface area contributed by atoms with Gasteiger partial charge in [0.05, 0.1) is 0 Å². The third-order valence-electron chi connectivity index (χ3n) is 5.75. The van der Waals surface area contributed by atoms with Gasteiger partial charge in [-0.15, -0.1) is 0 Å². The van der Waals surface area contributed by atoms with E-state index in [0.29, 0.717) is 29.2 Å². The fourth-order valence-corrected chi connectivity index (χ4v) is 4.55. The van der Waals surface area contributed by atoms with Gasteiger partial charge >= 0.3 is 0 Å². The normalized spacial score (nSPS) is 41.3. The van der Waals surface area contributed by atoms with Crippen LogP contribution < -0.4 is 5.73 Å². The zero-order valence-corrected chi connectivity index (χ0v) is 12.4. The summed E-state index contributed by atoms with van der Waals surface area (Å²) in [5, 5.41) is 0. The minimum atomic E-state index is 0.268. The van der Waals surface area contributed by atoms with Crippen molar-refractivity contribution in [1.29, 1.82) is 0 Å². The Morgan fingerprint density at radius 1 is 1.21 bits per heavy atom. The minimum Gasteiger partial charge on any atom is -0.342 e. The molecule has 3 rings (SSSR count). The van der Waals surface area contributed by atoms with Crippen molar-refractivity contribution >= 4 is 5.91 Å². The van der Waals surface area contributed by atoms with Crippen molar-refractivity contribution in [1.82, 2.24) is 4.90 Å². The van der Waals surface area contributed by atoms with Gasteiger partial charge in [0.15, 0.2) is 0 Å². The third kappa shape index (κ3) is 2.54. The average molecular weight is 264 g/mol. The highest BCUT2D eigenvalue weighted by Crippen LogP contribution is 2.43. The number of carbonyl (C=O) groups is 1. The number of hydrogen-bond acceptors (Lipinski definition) is 2. The van der Waals surface area contributed by atoms with Crippen molar-refractivity contribution in [3.8, 4) is 0 Å². The first kappa shape index (κ1) is 13.4. The summed E-state index contributed by atoms with van der Waals surface area (Å²) in [7, 11) is 0. The van der Waals surface area contributed by atoms with E-state index >= 15 is 0 Å². The first-order valence-corrected chi connectivity index (χ1v) is 8.01. The molecule has 3 aliphatic rings. The maximum absolute atomic E-state index is 12.7. The zero-order valence-electron chi connectivity index (χ0n) is 12.4. The van der Waals surface area contributed by atoms with Gasteiger partial charge in [0.2, 0.25) is 5.91 Å². The van der Waals surface area contributed by atoms with Gasteiger partial charge in [0.1, 0.15) is 0 Å². The van der Waals surface area contributed by atoms with Gasteiger partial charge in [-0.3, -0.25) is 4.79 Å². The Labute approximate surface area is 116 Å². The van der Waals surface area contributed by atoms with Gasteiger partial charge in [-0.2, -0.15) is 0 Å². The Balaban J connectivity index is 1.65. The van der Waals surface area contributed by atoms with Crippen molar-refractivity contribution in [2.45, 2.75) is 58.4 Å². The summed E-state index contributed by atoms with van der Waals surface area (Å²) in [6.07, 6.45) is 7.05. The zero-order chi connectivity index (χ0) is 13.6. The first-order valence-electron chi connectivity index (χ1n) is 8.01. The smallest absolute Gasteiger partial charge is 0.225 e. The van der Waals surface area contributed by atoms with Crippen molar-refractivity contribution in [2.24, 2.45) is 28.9 Å². The van der Waals surface area contributed by atoms with Crippen LogP contribution in [0.15, 0.2) is 0 Å². The van der Waals surface area contributed by atoms with Crippen molar-refractivity contribution in [3.63, 3.8) is 0 Å². The Hall–Kier alpha value is -0.570.